The highest BCUT2D eigenvalue weighted by Crippen LogP contribution is 2.35. The van der Waals surface area contributed by atoms with E-state index in [9.17, 15) is 26.4 Å². The summed E-state index contributed by atoms with van der Waals surface area (Å²) in [4.78, 5) is 16.1. The number of hydrogen-bond acceptors (Lipinski definition) is 5. The number of nitrogens with zero attached hydrogens (tertiary/aromatic N) is 2. The molecule has 1 aliphatic rings. The molecule has 0 spiro atoms. The Labute approximate surface area is 172 Å². The van der Waals surface area contributed by atoms with Crippen LogP contribution in [0.4, 0.5) is 24.7 Å². The molecule has 7 nitrogen and oxygen atoms in total. The second-order valence-corrected chi connectivity index (χ2v) is 8.89. The lowest BCUT2D eigenvalue weighted by Gasteiger charge is -2.21. The maximum atomic E-state index is 13.0. The Morgan fingerprint density at radius 3 is 2.67 bits per heavy atom. The van der Waals surface area contributed by atoms with E-state index in [2.05, 4.69) is 15.6 Å². The van der Waals surface area contributed by atoms with Crippen molar-refractivity contribution in [3.8, 4) is 0 Å². The third-order valence-electron chi connectivity index (χ3n) is 4.67. The molecule has 1 amide bonds. The summed E-state index contributed by atoms with van der Waals surface area (Å²) in [5.41, 5.74) is 0.782. The van der Waals surface area contributed by atoms with Crippen LogP contribution in [0.15, 0.2) is 36.5 Å². The number of carbonyl (C=O) groups excluding carboxylic acids is 1. The van der Waals surface area contributed by atoms with Gasteiger partial charge in [0.1, 0.15) is 5.82 Å². The molecule has 1 aromatic carbocycles. The lowest BCUT2D eigenvalue weighted by Crippen LogP contribution is -2.34. The Morgan fingerprint density at radius 1 is 1.27 bits per heavy atom. The minimum atomic E-state index is -4.53. The molecule has 1 aliphatic heterocycles. The first-order chi connectivity index (χ1) is 14.0. The zero-order chi connectivity index (χ0) is 22.1. The highest BCUT2D eigenvalue weighted by Gasteiger charge is 2.34. The van der Waals surface area contributed by atoms with E-state index in [1.165, 1.54) is 22.6 Å². The van der Waals surface area contributed by atoms with Gasteiger partial charge in [0.25, 0.3) is 5.91 Å². The van der Waals surface area contributed by atoms with E-state index in [0.717, 1.165) is 17.9 Å². The van der Waals surface area contributed by atoms with E-state index in [1.807, 2.05) is 0 Å². The minimum Gasteiger partial charge on any atom is -0.368 e. The van der Waals surface area contributed by atoms with Gasteiger partial charge in [-0.15, -0.1) is 0 Å². The Hall–Kier alpha value is -2.82. The van der Waals surface area contributed by atoms with Crippen molar-refractivity contribution in [2.45, 2.75) is 25.6 Å². The first-order valence-electron chi connectivity index (χ1n) is 9.15. The Bertz CT molecular complexity index is 1060. The molecule has 0 fully saturated rings. The van der Waals surface area contributed by atoms with E-state index in [0.29, 0.717) is 17.7 Å². The third-order valence-corrected chi connectivity index (χ3v) is 5.94. The molecule has 2 N–H and O–H groups in total. The molecule has 2 heterocycles. The van der Waals surface area contributed by atoms with Gasteiger partial charge in [0.05, 0.1) is 17.5 Å². The highest BCUT2D eigenvalue weighted by atomic mass is 32.2. The number of halogens is 3. The van der Waals surface area contributed by atoms with Crippen LogP contribution < -0.4 is 14.9 Å². The fourth-order valence-corrected chi connectivity index (χ4v) is 4.75. The molecule has 0 radical (unpaired) electrons. The molecule has 1 unspecified atom stereocenters. The number of nitrogens with one attached hydrogen (secondary N) is 2. The van der Waals surface area contributed by atoms with Gasteiger partial charge in [0.2, 0.25) is 10.0 Å². The van der Waals surface area contributed by atoms with Gasteiger partial charge >= 0.3 is 6.18 Å². The van der Waals surface area contributed by atoms with Gasteiger partial charge in [-0.25, -0.2) is 13.4 Å². The molecule has 0 saturated heterocycles. The number of benzene rings is 1. The predicted octanol–water partition coefficient (Wildman–Crippen LogP) is 2.65. The zero-order valence-electron chi connectivity index (χ0n) is 16.3. The molecule has 0 bridgehead atoms. The molecule has 162 valence electrons. The second kappa shape index (κ2) is 8.13. The molecule has 0 saturated carbocycles. The molecule has 11 heteroatoms. The molecule has 2 aromatic rings. The maximum Gasteiger partial charge on any atom is 0.419 e. The van der Waals surface area contributed by atoms with Crippen LogP contribution in [-0.4, -0.2) is 44.7 Å². The quantitative estimate of drug-likeness (QED) is 0.672. The van der Waals surface area contributed by atoms with Gasteiger partial charge in [-0.3, -0.25) is 9.10 Å². The van der Waals surface area contributed by atoms with Crippen LogP contribution >= 0.6 is 0 Å². The van der Waals surface area contributed by atoms with Crippen molar-refractivity contribution in [2.75, 3.05) is 29.0 Å². The monoisotopic (exact) mass is 442 g/mol. The summed E-state index contributed by atoms with van der Waals surface area (Å²) in [6.07, 6.45) is -1.65. The van der Waals surface area contributed by atoms with Gasteiger partial charge < -0.3 is 10.6 Å². The molecular weight excluding hydrogens is 421 g/mol. The summed E-state index contributed by atoms with van der Waals surface area (Å²) >= 11 is 0. The van der Waals surface area contributed by atoms with Crippen molar-refractivity contribution in [1.82, 2.24) is 10.3 Å². The van der Waals surface area contributed by atoms with Crippen LogP contribution in [0.2, 0.25) is 0 Å². The van der Waals surface area contributed by atoms with Crippen molar-refractivity contribution in [3.05, 3.63) is 53.2 Å². The van der Waals surface area contributed by atoms with Crippen molar-refractivity contribution >= 4 is 27.4 Å². The van der Waals surface area contributed by atoms with Crippen molar-refractivity contribution in [1.29, 1.82) is 0 Å². The average molecular weight is 442 g/mol. The van der Waals surface area contributed by atoms with Gasteiger partial charge in [0.15, 0.2) is 0 Å². The Balaban J connectivity index is 1.61. The Morgan fingerprint density at radius 2 is 2.00 bits per heavy atom. The second-order valence-electron chi connectivity index (χ2n) is 7.04. The smallest absolute Gasteiger partial charge is 0.368 e. The number of rotatable bonds is 6. The van der Waals surface area contributed by atoms with E-state index >= 15 is 0 Å². The molecular formula is C19H21F3N4O3S. The maximum absolute atomic E-state index is 13.0. The summed E-state index contributed by atoms with van der Waals surface area (Å²) < 4.78 is 64.1. The van der Waals surface area contributed by atoms with Crippen molar-refractivity contribution in [3.63, 3.8) is 0 Å². The van der Waals surface area contributed by atoms with E-state index in [1.54, 1.807) is 19.1 Å². The van der Waals surface area contributed by atoms with E-state index in [4.69, 9.17) is 0 Å². The number of pyridine rings is 1. The Kier molecular flexibility index (Phi) is 5.93. The minimum absolute atomic E-state index is 0.0513. The van der Waals surface area contributed by atoms with Crippen LogP contribution in [0.5, 0.6) is 0 Å². The van der Waals surface area contributed by atoms with Crippen LogP contribution in [0.3, 0.4) is 0 Å². The number of alkyl halides is 3. The van der Waals surface area contributed by atoms with Crippen LogP contribution in [0, 0.1) is 0 Å². The lowest BCUT2D eigenvalue weighted by molar-refractivity contribution is -0.137. The molecule has 1 aromatic heterocycles. The molecule has 0 aliphatic carbocycles. The largest absolute Gasteiger partial charge is 0.419 e. The zero-order valence-corrected chi connectivity index (χ0v) is 17.1. The number of hydrogen-bond donors (Lipinski definition) is 2. The third kappa shape index (κ3) is 4.66. The van der Waals surface area contributed by atoms with Gasteiger partial charge in [0, 0.05) is 30.9 Å². The average Bonchev–Trinajstić information content (AvgIpc) is 2.99. The van der Waals surface area contributed by atoms with Crippen LogP contribution in [0.25, 0.3) is 0 Å². The highest BCUT2D eigenvalue weighted by molar-refractivity contribution is 7.92. The summed E-state index contributed by atoms with van der Waals surface area (Å²) in [6.45, 7) is 1.92. The first-order valence-corrected chi connectivity index (χ1v) is 11.0. The van der Waals surface area contributed by atoms with Gasteiger partial charge in [-0.05, 0) is 49.2 Å². The predicted molar refractivity (Wildman–Crippen MR) is 107 cm³/mol. The standard InChI is InChI=1S/C19H21F3N4O3S/c1-12-10-14-11-13(5-6-16(14)26(12)30(2,28)29)18(27)25-9-8-24-17-15(19(20,21)22)4-3-7-23-17/h3-7,11-12H,8-10H2,1-2H3,(H,23,24)(H,25,27). The number of sulfonamides is 1. The topological polar surface area (TPSA) is 91.4 Å². The van der Waals surface area contributed by atoms with E-state index in [-0.39, 0.29) is 24.9 Å². The summed E-state index contributed by atoms with van der Waals surface area (Å²) in [6, 6.07) is 6.66. The normalized spacial score (nSPS) is 16.3. The molecule has 1 atom stereocenters. The summed E-state index contributed by atoms with van der Waals surface area (Å²) in [5, 5.41) is 5.21. The van der Waals surface area contributed by atoms with Gasteiger partial charge in [-0.1, -0.05) is 0 Å². The molecule has 30 heavy (non-hydrogen) atoms. The molecule has 3 rings (SSSR count). The summed E-state index contributed by atoms with van der Waals surface area (Å²) in [7, 11) is -3.42. The lowest BCUT2D eigenvalue weighted by atomic mass is 10.1. The van der Waals surface area contributed by atoms with Crippen molar-refractivity contribution in [2.24, 2.45) is 0 Å². The van der Waals surface area contributed by atoms with Crippen LogP contribution in [0.1, 0.15) is 28.4 Å². The summed E-state index contributed by atoms with van der Waals surface area (Å²) in [5.74, 6) is -0.700. The number of anilines is 2. The number of amides is 1. The number of carbonyl (C=O) groups is 1. The SMILES string of the molecule is CC1Cc2cc(C(=O)NCCNc3ncccc3C(F)(F)F)ccc2N1S(C)(=O)=O. The number of fused-ring (bicyclic) bond motifs is 1. The fourth-order valence-electron chi connectivity index (χ4n) is 3.48. The fraction of sp³-hybridized carbons (Fsp3) is 0.368. The number of aromatic nitrogens is 1. The first kappa shape index (κ1) is 21.9. The van der Waals surface area contributed by atoms with E-state index < -0.39 is 27.7 Å². The van der Waals surface area contributed by atoms with Gasteiger partial charge in [-0.2, -0.15) is 13.2 Å². The van der Waals surface area contributed by atoms with Crippen LogP contribution in [-0.2, 0) is 22.6 Å². The van der Waals surface area contributed by atoms with Crippen molar-refractivity contribution < 1.29 is 26.4 Å².